The summed E-state index contributed by atoms with van der Waals surface area (Å²) in [4.78, 5) is 1.08. The average Bonchev–Trinajstić information content (AvgIpc) is 2.18. The van der Waals surface area contributed by atoms with Crippen LogP contribution in [0.3, 0.4) is 0 Å². The van der Waals surface area contributed by atoms with Crippen molar-refractivity contribution in [2.75, 3.05) is 6.54 Å². The lowest BCUT2D eigenvalue weighted by molar-refractivity contribution is 0.989. The first-order valence-corrected chi connectivity index (χ1v) is 3.79. The molecule has 0 aromatic carbocycles. The van der Waals surface area contributed by atoms with E-state index in [1.54, 1.807) is 6.20 Å². The monoisotopic (exact) mass is 162 g/mol. The smallest absolute Gasteiger partial charge is 0.0746 e. The van der Waals surface area contributed by atoms with Crippen molar-refractivity contribution in [2.24, 2.45) is 5.73 Å². The van der Waals surface area contributed by atoms with E-state index in [4.69, 9.17) is 17.3 Å². The van der Waals surface area contributed by atoms with Gasteiger partial charge in [-0.25, -0.2) is 0 Å². The maximum absolute atomic E-state index is 5.71. The summed E-state index contributed by atoms with van der Waals surface area (Å²) in [6, 6.07) is 0. The lowest BCUT2D eigenvalue weighted by atomic mass is 10.4. The zero-order valence-corrected chi connectivity index (χ0v) is 6.37. The van der Waals surface area contributed by atoms with Gasteiger partial charge in [-0.3, -0.25) is 0 Å². The van der Waals surface area contributed by atoms with E-state index in [1.165, 1.54) is 11.5 Å². The van der Waals surface area contributed by atoms with Gasteiger partial charge in [0.2, 0.25) is 0 Å². The Labute approximate surface area is 62.8 Å². The third-order valence-electron chi connectivity index (χ3n) is 0.967. The van der Waals surface area contributed by atoms with Crippen LogP contribution in [0.15, 0.2) is 6.20 Å². The van der Waals surface area contributed by atoms with E-state index in [2.05, 4.69) is 4.37 Å². The van der Waals surface area contributed by atoms with E-state index in [1.807, 2.05) is 0 Å². The predicted octanol–water partition coefficient (Wildman–Crippen LogP) is 1.30. The number of rotatable bonds is 2. The Kier molecular flexibility index (Phi) is 2.45. The highest BCUT2D eigenvalue weighted by atomic mass is 35.5. The third kappa shape index (κ3) is 1.64. The van der Waals surface area contributed by atoms with Crippen LogP contribution in [0.1, 0.15) is 4.88 Å². The minimum Gasteiger partial charge on any atom is -0.330 e. The standard InChI is InChI=1S/C5H7ClN2S/c6-4-3-8-9-5(4)1-2-7/h3H,1-2,7H2. The number of hydrogen-bond acceptors (Lipinski definition) is 3. The molecule has 1 heterocycles. The normalized spacial score (nSPS) is 10.0. The van der Waals surface area contributed by atoms with Crippen LogP contribution in [0.2, 0.25) is 5.02 Å². The first kappa shape index (κ1) is 6.99. The fourth-order valence-corrected chi connectivity index (χ4v) is 1.49. The van der Waals surface area contributed by atoms with Gasteiger partial charge in [0.1, 0.15) is 0 Å². The van der Waals surface area contributed by atoms with Gasteiger partial charge < -0.3 is 5.73 Å². The first-order chi connectivity index (χ1) is 4.34. The molecule has 9 heavy (non-hydrogen) atoms. The Hall–Kier alpha value is -0.120. The molecule has 2 nitrogen and oxygen atoms in total. The molecule has 0 saturated carbocycles. The van der Waals surface area contributed by atoms with Gasteiger partial charge >= 0.3 is 0 Å². The van der Waals surface area contributed by atoms with Gasteiger partial charge in [-0.1, -0.05) is 11.6 Å². The molecule has 0 atom stereocenters. The topological polar surface area (TPSA) is 38.9 Å². The second kappa shape index (κ2) is 3.15. The van der Waals surface area contributed by atoms with Crippen molar-refractivity contribution in [1.82, 2.24) is 4.37 Å². The Morgan fingerprint density at radius 1 is 1.78 bits per heavy atom. The van der Waals surface area contributed by atoms with Crippen LogP contribution in [0, 0.1) is 0 Å². The first-order valence-electron chi connectivity index (χ1n) is 2.63. The highest BCUT2D eigenvalue weighted by Gasteiger charge is 1.99. The fourth-order valence-electron chi connectivity index (χ4n) is 0.548. The summed E-state index contributed by atoms with van der Waals surface area (Å²) >= 11 is 7.12. The van der Waals surface area contributed by atoms with E-state index in [-0.39, 0.29) is 0 Å². The molecule has 1 rings (SSSR count). The van der Waals surface area contributed by atoms with Crippen molar-refractivity contribution in [1.29, 1.82) is 0 Å². The van der Waals surface area contributed by atoms with Crippen molar-refractivity contribution >= 4 is 23.1 Å². The molecule has 0 amide bonds. The van der Waals surface area contributed by atoms with E-state index < -0.39 is 0 Å². The van der Waals surface area contributed by atoms with Crippen LogP contribution >= 0.6 is 23.1 Å². The molecule has 0 spiro atoms. The van der Waals surface area contributed by atoms with Crippen molar-refractivity contribution in [3.63, 3.8) is 0 Å². The van der Waals surface area contributed by atoms with E-state index in [0.29, 0.717) is 6.54 Å². The molecule has 0 aliphatic carbocycles. The number of aromatic nitrogens is 1. The number of halogens is 1. The van der Waals surface area contributed by atoms with E-state index in [0.717, 1.165) is 16.3 Å². The second-order valence-electron chi connectivity index (χ2n) is 1.64. The van der Waals surface area contributed by atoms with Gasteiger partial charge in [-0.15, -0.1) is 0 Å². The van der Waals surface area contributed by atoms with Gasteiger partial charge in [0.05, 0.1) is 11.2 Å². The molecule has 0 aliphatic heterocycles. The molecule has 0 bridgehead atoms. The van der Waals surface area contributed by atoms with Crippen molar-refractivity contribution in [2.45, 2.75) is 6.42 Å². The lowest BCUT2D eigenvalue weighted by Crippen LogP contribution is -2.01. The van der Waals surface area contributed by atoms with E-state index in [9.17, 15) is 0 Å². The van der Waals surface area contributed by atoms with E-state index >= 15 is 0 Å². The summed E-state index contributed by atoms with van der Waals surface area (Å²) in [5.74, 6) is 0. The summed E-state index contributed by atoms with van der Waals surface area (Å²) in [5, 5.41) is 0.741. The van der Waals surface area contributed by atoms with Crippen LogP contribution in [0.4, 0.5) is 0 Å². The molecule has 0 unspecified atom stereocenters. The largest absolute Gasteiger partial charge is 0.330 e. The molecule has 4 heteroatoms. The van der Waals surface area contributed by atoms with Crippen LogP contribution in [-0.4, -0.2) is 10.9 Å². The number of nitrogens with two attached hydrogens (primary N) is 1. The maximum atomic E-state index is 5.71. The molecular formula is C5H7ClN2S. The molecular weight excluding hydrogens is 156 g/mol. The van der Waals surface area contributed by atoms with Gasteiger partial charge in [0.25, 0.3) is 0 Å². The summed E-state index contributed by atoms with van der Waals surface area (Å²) < 4.78 is 3.89. The third-order valence-corrected chi connectivity index (χ3v) is 2.26. The Bertz CT molecular complexity index is 187. The Morgan fingerprint density at radius 3 is 3.00 bits per heavy atom. The summed E-state index contributed by atoms with van der Waals surface area (Å²) in [6.07, 6.45) is 2.49. The predicted molar refractivity (Wildman–Crippen MR) is 39.9 cm³/mol. The minimum atomic E-state index is 0.641. The molecule has 0 radical (unpaired) electrons. The highest BCUT2D eigenvalue weighted by Crippen LogP contribution is 2.18. The zero-order chi connectivity index (χ0) is 6.69. The number of hydrogen-bond donors (Lipinski definition) is 1. The van der Waals surface area contributed by atoms with Gasteiger partial charge in [-0.05, 0) is 24.5 Å². The minimum absolute atomic E-state index is 0.641. The maximum Gasteiger partial charge on any atom is 0.0746 e. The Morgan fingerprint density at radius 2 is 2.56 bits per heavy atom. The Balaban J connectivity index is 2.69. The lowest BCUT2D eigenvalue weighted by Gasteiger charge is -1.88. The van der Waals surface area contributed by atoms with Crippen molar-refractivity contribution in [3.8, 4) is 0 Å². The molecule has 2 N–H and O–H groups in total. The molecule has 1 aromatic heterocycles. The SMILES string of the molecule is NCCc1sncc1Cl. The highest BCUT2D eigenvalue weighted by molar-refractivity contribution is 7.06. The summed E-state index contributed by atoms with van der Waals surface area (Å²) in [5.41, 5.74) is 5.31. The average molecular weight is 163 g/mol. The zero-order valence-electron chi connectivity index (χ0n) is 4.80. The molecule has 0 saturated heterocycles. The molecule has 50 valence electrons. The molecule has 0 aliphatic rings. The van der Waals surface area contributed by atoms with Crippen LogP contribution in [-0.2, 0) is 6.42 Å². The van der Waals surface area contributed by atoms with Crippen LogP contribution in [0.5, 0.6) is 0 Å². The molecule has 1 aromatic rings. The van der Waals surface area contributed by atoms with Crippen LogP contribution < -0.4 is 5.73 Å². The van der Waals surface area contributed by atoms with Gasteiger partial charge in [-0.2, -0.15) is 4.37 Å². The number of nitrogens with zero attached hydrogens (tertiary/aromatic N) is 1. The fraction of sp³-hybridized carbons (Fsp3) is 0.400. The summed E-state index contributed by atoms with van der Waals surface area (Å²) in [7, 11) is 0. The van der Waals surface area contributed by atoms with Crippen LogP contribution in [0.25, 0.3) is 0 Å². The van der Waals surface area contributed by atoms with Gasteiger partial charge in [0.15, 0.2) is 0 Å². The molecule has 0 fully saturated rings. The van der Waals surface area contributed by atoms with Crippen molar-refractivity contribution < 1.29 is 0 Å². The quantitative estimate of drug-likeness (QED) is 0.712. The summed E-state index contributed by atoms with van der Waals surface area (Å²) in [6.45, 7) is 0.641. The second-order valence-corrected chi connectivity index (χ2v) is 2.93. The van der Waals surface area contributed by atoms with Crippen molar-refractivity contribution in [3.05, 3.63) is 16.1 Å². The van der Waals surface area contributed by atoms with Gasteiger partial charge in [0, 0.05) is 4.88 Å².